The molecule has 2 aliphatic carbocycles. The number of aliphatic carboxylic acids is 1. The fraction of sp³-hybridized carbons (Fsp3) is 0.552. The Hall–Kier alpha value is -2.44. The molecule has 1 saturated heterocycles. The minimum Gasteiger partial charge on any atom is -0.490 e. The van der Waals surface area contributed by atoms with Crippen LogP contribution in [0.3, 0.4) is 0 Å². The normalized spacial score (nSPS) is 21.1. The van der Waals surface area contributed by atoms with Gasteiger partial charge in [-0.15, -0.1) is 0 Å². The van der Waals surface area contributed by atoms with Gasteiger partial charge in [0, 0.05) is 23.7 Å². The van der Waals surface area contributed by atoms with Crippen LogP contribution in [0.2, 0.25) is 0 Å². The van der Waals surface area contributed by atoms with E-state index in [9.17, 15) is 4.79 Å². The summed E-state index contributed by atoms with van der Waals surface area (Å²) in [7, 11) is 0. The first-order valence-corrected chi connectivity index (χ1v) is 13.2. The number of piperidine rings is 1. The van der Waals surface area contributed by atoms with Crippen LogP contribution in [0.4, 0.5) is 4.39 Å². The number of hydrogen-bond acceptors (Lipinski definition) is 4. The lowest BCUT2D eigenvalue weighted by atomic mass is 9.60. The van der Waals surface area contributed by atoms with E-state index in [2.05, 4.69) is 10.2 Å². The monoisotopic (exact) mass is 480 g/mol. The molecule has 3 fully saturated rings. The molecule has 0 unspecified atom stereocenters. The third-order valence-electron chi connectivity index (χ3n) is 8.48. The highest BCUT2D eigenvalue weighted by molar-refractivity contribution is 5.69. The highest BCUT2D eigenvalue weighted by atomic mass is 19.1. The van der Waals surface area contributed by atoms with E-state index in [-0.39, 0.29) is 18.4 Å². The molecule has 2 saturated carbocycles. The second-order valence-corrected chi connectivity index (χ2v) is 10.8. The van der Waals surface area contributed by atoms with Gasteiger partial charge in [-0.1, -0.05) is 36.8 Å². The van der Waals surface area contributed by atoms with Crippen molar-refractivity contribution in [3.05, 3.63) is 53.8 Å². The van der Waals surface area contributed by atoms with Gasteiger partial charge in [0.15, 0.2) is 0 Å². The second kappa shape index (κ2) is 10.7. The van der Waals surface area contributed by atoms with Crippen LogP contribution in [0.15, 0.2) is 42.5 Å². The molecule has 5 nitrogen and oxygen atoms in total. The molecule has 2 N–H and O–H groups in total. The Morgan fingerprint density at radius 1 is 1.03 bits per heavy atom. The van der Waals surface area contributed by atoms with Gasteiger partial charge >= 0.3 is 5.97 Å². The van der Waals surface area contributed by atoms with E-state index in [4.69, 9.17) is 9.84 Å². The largest absolute Gasteiger partial charge is 0.490 e. The summed E-state index contributed by atoms with van der Waals surface area (Å²) >= 11 is 0. The molecule has 2 aromatic rings. The van der Waals surface area contributed by atoms with Crippen molar-refractivity contribution >= 4 is 5.97 Å². The van der Waals surface area contributed by atoms with Crippen molar-refractivity contribution in [2.75, 3.05) is 19.6 Å². The zero-order chi connectivity index (χ0) is 24.3. The fourth-order valence-electron chi connectivity index (χ4n) is 6.10. The number of carboxylic acid groups (broad SMARTS) is 1. The number of benzene rings is 2. The highest BCUT2D eigenvalue weighted by Crippen LogP contribution is 2.51. The molecular formula is C29H37FN2O3. The molecule has 5 rings (SSSR count). The van der Waals surface area contributed by atoms with Gasteiger partial charge in [-0.05, 0) is 87.6 Å². The van der Waals surface area contributed by atoms with Crippen molar-refractivity contribution in [2.24, 2.45) is 5.41 Å². The lowest BCUT2D eigenvalue weighted by Crippen LogP contribution is -2.43. The standard InChI is InChI=1S/C29H37FN2O3/c30-28-22(20-32-17-11-23(12-18-32)31-19-27(33)34)3-1-4-26(28)21-5-7-24(8-6-21)35-25-9-15-29(16-10-25)13-2-14-29/h1,3-8,23,25,31H,2,9-20H2,(H,33,34). The molecule has 0 amide bonds. The average Bonchev–Trinajstić information content (AvgIpc) is 2.85. The molecule has 1 spiro atoms. The minimum atomic E-state index is -0.832. The lowest BCUT2D eigenvalue weighted by molar-refractivity contribution is -0.136. The number of halogens is 1. The number of carboxylic acids is 1. The van der Waals surface area contributed by atoms with E-state index in [0.29, 0.717) is 29.2 Å². The lowest BCUT2D eigenvalue weighted by Gasteiger charge is -2.46. The van der Waals surface area contributed by atoms with Crippen molar-refractivity contribution in [2.45, 2.75) is 76.5 Å². The van der Waals surface area contributed by atoms with E-state index in [1.54, 1.807) is 0 Å². The van der Waals surface area contributed by atoms with E-state index in [1.165, 1.54) is 32.1 Å². The number of carbonyl (C=O) groups is 1. The molecule has 0 atom stereocenters. The summed E-state index contributed by atoms with van der Waals surface area (Å²) in [4.78, 5) is 13.0. The quantitative estimate of drug-likeness (QED) is 0.513. The third kappa shape index (κ3) is 5.87. The Morgan fingerprint density at radius 2 is 1.74 bits per heavy atom. The average molecular weight is 481 g/mol. The summed E-state index contributed by atoms with van der Waals surface area (Å²) in [5, 5.41) is 11.9. The predicted octanol–water partition coefficient (Wildman–Crippen LogP) is 5.62. The molecule has 0 bridgehead atoms. The van der Waals surface area contributed by atoms with Gasteiger partial charge in [0.1, 0.15) is 11.6 Å². The maximum absolute atomic E-state index is 15.4. The zero-order valence-electron chi connectivity index (χ0n) is 20.5. The second-order valence-electron chi connectivity index (χ2n) is 10.8. The Morgan fingerprint density at radius 3 is 2.37 bits per heavy atom. The van der Waals surface area contributed by atoms with Gasteiger partial charge in [0.2, 0.25) is 0 Å². The van der Waals surface area contributed by atoms with E-state index >= 15 is 4.39 Å². The van der Waals surface area contributed by atoms with Gasteiger partial charge < -0.3 is 15.2 Å². The number of rotatable bonds is 8. The molecule has 1 heterocycles. The van der Waals surface area contributed by atoms with Crippen LogP contribution in [0.25, 0.3) is 11.1 Å². The van der Waals surface area contributed by atoms with Crippen LogP contribution >= 0.6 is 0 Å². The number of nitrogens with zero attached hydrogens (tertiary/aromatic N) is 1. The van der Waals surface area contributed by atoms with Crippen LogP contribution in [0.5, 0.6) is 5.75 Å². The summed E-state index contributed by atoms with van der Waals surface area (Å²) in [6, 6.07) is 13.7. The van der Waals surface area contributed by atoms with Crippen molar-refractivity contribution in [1.29, 1.82) is 0 Å². The molecule has 0 aromatic heterocycles. The first-order chi connectivity index (χ1) is 17.0. The Balaban J connectivity index is 1.16. The minimum absolute atomic E-state index is 0.00742. The molecule has 188 valence electrons. The van der Waals surface area contributed by atoms with Crippen LogP contribution in [-0.2, 0) is 11.3 Å². The Kier molecular flexibility index (Phi) is 7.40. The van der Waals surface area contributed by atoms with Crippen molar-refractivity contribution in [3.8, 4) is 16.9 Å². The van der Waals surface area contributed by atoms with Crippen molar-refractivity contribution in [1.82, 2.24) is 10.2 Å². The van der Waals surface area contributed by atoms with Gasteiger partial charge in [-0.25, -0.2) is 4.39 Å². The van der Waals surface area contributed by atoms with Crippen LogP contribution in [0.1, 0.15) is 63.4 Å². The summed E-state index contributed by atoms with van der Waals surface area (Å²) < 4.78 is 21.7. The van der Waals surface area contributed by atoms with Crippen molar-refractivity contribution in [3.63, 3.8) is 0 Å². The Labute approximate surface area is 207 Å². The third-order valence-corrected chi connectivity index (χ3v) is 8.48. The van der Waals surface area contributed by atoms with Gasteiger partial charge in [0.05, 0.1) is 12.6 Å². The van der Waals surface area contributed by atoms with Crippen LogP contribution < -0.4 is 10.1 Å². The van der Waals surface area contributed by atoms with Gasteiger partial charge in [0.25, 0.3) is 0 Å². The SMILES string of the molecule is O=C(O)CNC1CCN(Cc2cccc(-c3ccc(OC4CCC5(CCC5)CC4)cc3)c2F)CC1. The number of likely N-dealkylation sites (tertiary alicyclic amines) is 1. The van der Waals surface area contributed by atoms with Gasteiger partial charge in [-0.3, -0.25) is 9.69 Å². The molecule has 6 heteroatoms. The van der Waals surface area contributed by atoms with E-state index in [0.717, 1.165) is 50.1 Å². The topological polar surface area (TPSA) is 61.8 Å². The summed E-state index contributed by atoms with van der Waals surface area (Å²) in [5.41, 5.74) is 2.83. The van der Waals surface area contributed by atoms with E-state index in [1.807, 2.05) is 42.5 Å². The zero-order valence-corrected chi connectivity index (χ0v) is 20.5. The van der Waals surface area contributed by atoms with Crippen LogP contribution in [0, 0.1) is 11.2 Å². The first-order valence-electron chi connectivity index (χ1n) is 13.2. The first kappa shape index (κ1) is 24.3. The van der Waals surface area contributed by atoms with E-state index < -0.39 is 5.97 Å². The molecule has 1 aliphatic heterocycles. The maximum atomic E-state index is 15.4. The fourth-order valence-corrected chi connectivity index (χ4v) is 6.10. The molecule has 2 aromatic carbocycles. The summed E-state index contributed by atoms with van der Waals surface area (Å²) in [6.07, 6.45) is 11.1. The Bertz CT molecular complexity index is 1000. The predicted molar refractivity (Wildman–Crippen MR) is 135 cm³/mol. The highest BCUT2D eigenvalue weighted by Gasteiger charge is 2.40. The smallest absolute Gasteiger partial charge is 0.317 e. The number of hydrogen-bond donors (Lipinski definition) is 2. The molecule has 3 aliphatic rings. The molecule has 35 heavy (non-hydrogen) atoms. The summed E-state index contributed by atoms with van der Waals surface area (Å²) in [6.45, 7) is 2.22. The number of nitrogens with one attached hydrogen (secondary N) is 1. The molecular weight excluding hydrogens is 443 g/mol. The summed E-state index contributed by atoms with van der Waals surface area (Å²) in [5.74, 6) is -0.119. The number of ether oxygens (including phenoxy) is 1. The van der Waals surface area contributed by atoms with Crippen LogP contribution in [-0.4, -0.2) is 47.8 Å². The van der Waals surface area contributed by atoms with Crippen molar-refractivity contribution < 1.29 is 19.0 Å². The maximum Gasteiger partial charge on any atom is 0.317 e. The molecule has 0 radical (unpaired) electrons. The van der Waals surface area contributed by atoms with Gasteiger partial charge in [-0.2, -0.15) is 0 Å².